The van der Waals surface area contributed by atoms with Crippen molar-refractivity contribution >= 4 is 32.4 Å². The number of hydrogen-bond donors (Lipinski definition) is 1. The van der Waals surface area contributed by atoms with Gasteiger partial charge in [-0.1, -0.05) is 6.07 Å². The second-order valence-corrected chi connectivity index (χ2v) is 9.45. The van der Waals surface area contributed by atoms with Crippen LogP contribution in [0.1, 0.15) is 23.2 Å². The Morgan fingerprint density at radius 2 is 1.97 bits per heavy atom. The predicted octanol–water partition coefficient (Wildman–Crippen LogP) is 3.25. The molecule has 8 nitrogen and oxygen atoms in total. The minimum absolute atomic E-state index is 0.00661. The normalized spacial score (nSPS) is 14.6. The molecule has 0 radical (unpaired) electrons. The molecule has 4 rings (SSSR count). The molecule has 30 heavy (non-hydrogen) atoms. The van der Waals surface area contributed by atoms with Crippen LogP contribution in [0.5, 0.6) is 5.75 Å². The molecule has 2 aromatic heterocycles. The molecule has 0 atom stereocenters. The Balaban J connectivity index is 1.58. The number of ether oxygens (including phenoxy) is 1. The molecule has 1 amide bonds. The number of sulfonamides is 1. The van der Waals surface area contributed by atoms with Gasteiger partial charge in [-0.25, -0.2) is 13.4 Å². The van der Waals surface area contributed by atoms with Gasteiger partial charge in [0.15, 0.2) is 5.13 Å². The molecule has 1 aliphatic heterocycles. The second-order valence-electron chi connectivity index (χ2n) is 6.68. The number of hydrogen-bond acceptors (Lipinski definition) is 7. The van der Waals surface area contributed by atoms with Crippen molar-refractivity contribution in [1.29, 1.82) is 0 Å². The molecule has 0 bridgehead atoms. The lowest BCUT2D eigenvalue weighted by Gasteiger charge is -2.18. The second kappa shape index (κ2) is 8.50. The summed E-state index contributed by atoms with van der Waals surface area (Å²) in [6, 6.07) is 9.90. The van der Waals surface area contributed by atoms with E-state index in [4.69, 9.17) is 4.74 Å². The highest BCUT2D eigenvalue weighted by molar-refractivity contribution is 7.89. The van der Waals surface area contributed by atoms with Gasteiger partial charge in [0.1, 0.15) is 16.3 Å². The summed E-state index contributed by atoms with van der Waals surface area (Å²) >= 11 is 1.27. The highest BCUT2D eigenvalue weighted by Gasteiger charge is 2.30. The Morgan fingerprint density at radius 1 is 1.17 bits per heavy atom. The number of methoxy groups -OCH3 is 1. The molecule has 1 saturated heterocycles. The number of nitrogens with one attached hydrogen (secondary N) is 1. The summed E-state index contributed by atoms with van der Waals surface area (Å²) in [5.74, 6) is -0.234. The summed E-state index contributed by atoms with van der Waals surface area (Å²) in [6.45, 7) is 0.939. The summed E-state index contributed by atoms with van der Waals surface area (Å²) in [6.07, 6.45) is 3.32. The summed E-state index contributed by atoms with van der Waals surface area (Å²) < 4.78 is 32.7. The zero-order valence-corrected chi connectivity index (χ0v) is 17.9. The first-order valence-electron chi connectivity index (χ1n) is 9.35. The maximum absolute atomic E-state index is 13.0. The van der Waals surface area contributed by atoms with Crippen LogP contribution in [0.3, 0.4) is 0 Å². The number of aromatic nitrogens is 2. The topological polar surface area (TPSA) is 101 Å². The van der Waals surface area contributed by atoms with Crippen LogP contribution in [0.15, 0.2) is 52.9 Å². The molecule has 3 aromatic rings. The van der Waals surface area contributed by atoms with Gasteiger partial charge in [-0.05, 0) is 43.2 Å². The Labute approximate surface area is 178 Å². The van der Waals surface area contributed by atoms with E-state index in [1.165, 1.54) is 41.0 Å². The van der Waals surface area contributed by atoms with E-state index in [1.807, 2.05) is 18.2 Å². The molecular formula is C20H20N4O4S2. The molecular weight excluding hydrogens is 424 g/mol. The van der Waals surface area contributed by atoms with Gasteiger partial charge < -0.3 is 4.74 Å². The summed E-state index contributed by atoms with van der Waals surface area (Å²) in [4.78, 5) is 21.4. The van der Waals surface area contributed by atoms with Gasteiger partial charge in [-0.15, -0.1) is 11.3 Å². The molecule has 10 heteroatoms. The Bertz CT molecular complexity index is 1160. The molecule has 0 saturated carbocycles. The highest BCUT2D eigenvalue weighted by Crippen LogP contribution is 2.30. The molecule has 1 aromatic carbocycles. The average Bonchev–Trinajstić information content (AvgIpc) is 3.46. The van der Waals surface area contributed by atoms with Crippen LogP contribution < -0.4 is 10.1 Å². The number of benzene rings is 1. The quantitative estimate of drug-likeness (QED) is 0.626. The first-order valence-corrected chi connectivity index (χ1v) is 11.7. The van der Waals surface area contributed by atoms with Crippen molar-refractivity contribution in [2.75, 3.05) is 25.5 Å². The SMILES string of the molecule is COc1ccc(C(=O)Nc2nc(-c3ccccn3)cs2)cc1S(=O)(=O)N1CCCC1. The van der Waals surface area contributed by atoms with Gasteiger partial charge in [0.05, 0.1) is 12.8 Å². The maximum atomic E-state index is 13.0. The summed E-state index contributed by atoms with van der Waals surface area (Å²) in [7, 11) is -2.33. The van der Waals surface area contributed by atoms with Gasteiger partial charge in [0, 0.05) is 30.2 Å². The lowest BCUT2D eigenvalue weighted by molar-refractivity contribution is 0.102. The molecule has 1 aliphatic rings. The van der Waals surface area contributed by atoms with E-state index in [9.17, 15) is 13.2 Å². The lowest BCUT2D eigenvalue weighted by Crippen LogP contribution is -2.28. The number of rotatable bonds is 6. The molecule has 3 heterocycles. The van der Waals surface area contributed by atoms with Crippen molar-refractivity contribution in [3.63, 3.8) is 0 Å². The van der Waals surface area contributed by atoms with Crippen LogP contribution in [0, 0.1) is 0 Å². The van der Waals surface area contributed by atoms with Crippen molar-refractivity contribution in [2.24, 2.45) is 0 Å². The number of amides is 1. The minimum atomic E-state index is -3.74. The molecule has 0 unspecified atom stereocenters. The first-order chi connectivity index (χ1) is 14.5. The van der Waals surface area contributed by atoms with E-state index in [-0.39, 0.29) is 16.2 Å². The first kappa shape index (κ1) is 20.5. The Morgan fingerprint density at radius 3 is 2.67 bits per heavy atom. The number of carbonyl (C=O) groups is 1. The highest BCUT2D eigenvalue weighted by atomic mass is 32.2. The van der Waals surface area contributed by atoms with Crippen LogP contribution in [-0.4, -0.2) is 48.8 Å². The Kier molecular flexibility index (Phi) is 5.80. The minimum Gasteiger partial charge on any atom is -0.495 e. The van der Waals surface area contributed by atoms with Gasteiger partial charge >= 0.3 is 0 Å². The van der Waals surface area contributed by atoms with Crippen molar-refractivity contribution in [3.05, 3.63) is 53.5 Å². The number of pyridine rings is 1. The number of nitrogens with zero attached hydrogens (tertiary/aromatic N) is 3. The van der Waals surface area contributed by atoms with E-state index in [0.717, 1.165) is 12.8 Å². The van der Waals surface area contributed by atoms with E-state index in [1.54, 1.807) is 11.6 Å². The van der Waals surface area contributed by atoms with E-state index in [2.05, 4.69) is 15.3 Å². The van der Waals surface area contributed by atoms with Crippen molar-refractivity contribution in [3.8, 4) is 17.1 Å². The van der Waals surface area contributed by atoms with Gasteiger partial charge in [0.25, 0.3) is 5.91 Å². The van der Waals surface area contributed by atoms with Crippen molar-refractivity contribution < 1.29 is 17.9 Å². The van der Waals surface area contributed by atoms with Crippen LogP contribution in [0.25, 0.3) is 11.4 Å². The largest absolute Gasteiger partial charge is 0.495 e. The third-order valence-electron chi connectivity index (χ3n) is 4.76. The Hall–Kier alpha value is -2.82. The standard InChI is InChI=1S/C20H20N4O4S2/c1-28-17-8-7-14(12-18(17)30(26,27)24-10-4-5-11-24)19(25)23-20-22-16(13-29-20)15-6-2-3-9-21-15/h2-3,6-9,12-13H,4-5,10-11H2,1H3,(H,22,23,25). The fraction of sp³-hybridized carbons (Fsp3) is 0.250. The van der Waals surface area contributed by atoms with Crippen LogP contribution in [0.4, 0.5) is 5.13 Å². The van der Waals surface area contributed by atoms with Crippen LogP contribution in [0.2, 0.25) is 0 Å². The number of thiazole rings is 1. The monoisotopic (exact) mass is 444 g/mol. The van der Waals surface area contributed by atoms with E-state index >= 15 is 0 Å². The van der Waals surface area contributed by atoms with Gasteiger partial charge in [-0.3, -0.25) is 15.1 Å². The van der Waals surface area contributed by atoms with E-state index < -0.39 is 15.9 Å². The summed E-state index contributed by atoms with van der Waals surface area (Å²) in [5, 5.41) is 4.93. The average molecular weight is 445 g/mol. The fourth-order valence-corrected chi connectivity index (χ4v) is 5.62. The van der Waals surface area contributed by atoms with Crippen LogP contribution in [-0.2, 0) is 10.0 Å². The van der Waals surface area contributed by atoms with Gasteiger partial charge in [0.2, 0.25) is 10.0 Å². The van der Waals surface area contributed by atoms with Crippen molar-refractivity contribution in [1.82, 2.24) is 14.3 Å². The predicted molar refractivity (Wildman–Crippen MR) is 114 cm³/mol. The lowest BCUT2D eigenvalue weighted by atomic mass is 10.2. The maximum Gasteiger partial charge on any atom is 0.257 e. The molecule has 0 spiro atoms. The zero-order chi connectivity index (χ0) is 21.1. The van der Waals surface area contributed by atoms with E-state index in [0.29, 0.717) is 29.6 Å². The van der Waals surface area contributed by atoms with Crippen LogP contribution >= 0.6 is 11.3 Å². The van der Waals surface area contributed by atoms with Gasteiger partial charge in [-0.2, -0.15) is 4.31 Å². The fourth-order valence-electron chi connectivity index (χ4n) is 3.22. The smallest absolute Gasteiger partial charge is 0.257 e. The molecule has 1 fully saturated rings. The summed E-state index contributed by atoms with van der Waals surface area (Å²) in [5.41, 5.74) is 1.57. The third-order valence-corrected chi connectivity index (χ3v) is 7.44. The molecule has 1 N–H and O–H groups in total. The molecule has 156 valence electrons. The zero-order valence-electron chi connectivity index (χ0n) is 16.2. The number of anilines is 1. The third kappa shape index (κ3) is 4.07. The molecule has 0 aliphatic carbocycles. The number of carbonyl (C=O) groups excluding carboxylic acids is 1. The van der Waals surface area contributed by atoms with Crippen molar-refractivity contribution in [2.45, 2.75) is 17.7 Å².